The highest BCUT2D eigenvalue weighted by Crippen LogP contribution is 2.39. The summed E-state index contributed by atoms with van der Waals surface area (Å²) in [5.41, 5.74) is 8.08. The predicted octanol–water partition coefficient (Wildman–Crippen LogP) is 1.73. The molecule has 1 aromatic heterocycles. The van der Waals surface area contributed by atoms with Crippen LogP contribution in [0.1, 0.15) is 24.1 Å². The van der Waals surface area contributed by atoms with Crippen molar-refractivity contribution in [2.45, 2.75) is 18.3 Å². The largest absolute Gasteiger partial charge is 0.368 e. The summed E-state index contributed by atoms with van der Waals surface area (Å²) in [6.45, 7) is 2.00. The molecule has 1 fully saturated rings. The van der Waals surface area contributed by atoms with Crippen molar-refractivity contribution in [3.05, 3.63) is 53.9 Å². The van der Waals surface area contributed by atoms with Crippen LogP contribution in [-0.2, 0) is 5.41 Å². The molecule has 0 amide bonds. The number of benzene rings is 1. The van der Waals surface area contributed by atoms with Crippen LogP contribution in [0.5, 0.6) is 0 Å². The van der Waals surface area contributed by atoms with Gasteiger partial charge in [-0.05, 0) is 37.6 Å². The summed E-state index contributed by atoms with van der Waals surface area (Å²) in [5.74, 6) is 0.353. The molecule has 0 atom stereocenters. The molecule has 19 heavy (non-hydrogen) atoms. The minimum absolute atomic E-state index is 0.0381. The van der Waals surface area contributed by atoms with Crippen molar-refractivity contribution in [1.29, 1.82) is 0 Å². The van der Waals surface area contributed by atoms with Gasteiger partial charge in [0, 0.05) is 11.6 Å². The van der Waals surface area contributed by atoms with E-state index in [0.29, 0.717) is 5.95 Å². The maximum absolute atomic E-state index is 5.76. The molecule has 1 saturated heterocycles. The predicted molar refractivity (Wildman–Crippen MR) is 75.8 cm³/mol. The minimum Gasteiger partial charge on any atom is -0.368 e. The Morgan fingerprint density at radius 1 is 1.05 bits per heavy atom. The molecule has 4 heteroatoms. The summed E-state index contributed by atoms with van der Waals surface area (Å²) >= 11 is 0. The van der Waals surface area contributed by atoms with Gasteiger partial charge in [0.1, 0.15) is 0 Å². The highest BCUT2D eigenvalue weighted by Gasteiger charge is 2.37. The van der Waals surface area contributed by atoms with Crippen molar-refractivity contribution in [3.63, 3.8) is 0 Å². The van der Waals surface area contributed by atoms with E-state index in [4.69, 9.17) is 5.73 Å². The number of hydrogen-bond acceptors (Lipinski definition) is 4. The minimum atomic E-state index is -0.0381. The van der Waals surface area contributed by atoms with Gasteiger partial charge in [0.2, 0.25) is 5.95 Å². The van der Waals surface area contributed by atoms with Gasteiger partial charge in [-0.1, -0.05) is 30.3 Å². The van der Waals surface area contributed by atoms with Crippen molar-refractivity contribution in [3.8, 4) is 0 Å². The van der Waals surface area contributed by atoms with E-state index in [-0.39, 0.29) is 5.41 Å². The highest BCUT2D eigenvalue weighted by atomic mass is 15.0. The van der Waals surface area contributed by atoms with Crippen LogP contribution in [-0.4, -0.2) is 23.1 Å². The molecule has 1 aromatic carbocycles. The summed E-state index contributed by atoms with van der Waals surface area (Å²) in [6, 6.07) is 12.6. The number of nitrogens with one attached hydrogen (secondary N) is 1. The van der Waals surface area contributed by atoms with Crippen molar-refractivity contribution in [2.24, 2.45) is 0 Å². The van der Waals surface area contributed by atoms with Gasteiger partial charge in [0.25, 0.3) is 0 Å². The van der Waals surface area contributed by atoms with Crippen LogP contribution in [0.15, 0.2) is 42.6 Å². The number of hydrogen-bond donors (Lipinski definition) is 2. The van der Waals surface area contributed by atoms with Crippen LogP contribution in [0.3, 0.4) is 0 Å². The van der Waals surface area contributed by atoms with Crippen molar-refractivity contribution in [2.75, 3.05) is 18.8 Å². The second-order valence-electron chi connectivity index (χ2n) is 5.00. The SMILES string of the molecule is Nc1nccc(C2(c3ccccc3)CCNCC2)n1. The van der Waals surface area contributed by atoms with E-state index in [1.807, 2.05) is 12.1 Å². The number of piperidine rings is 1. The lowest BCUT2D eigenvalue weighted by molar-refractivity contribution is 0.354. The van der Waals surface area contributed by atoms with E-state index >= 15 is 0 Å². The lowest BCUT2D eigenvalue weighted by Crippen LogP contribution is -2.41. The molecule has 98 valence electrons. The standard InChI is InChI=1S/C15H18N4/c16-14-18-9-6-13(19-14)15(7-10-17-11-8-15)12-4-2-1-3-5-12/h1-6,9,17H,7-8,10-11H2,(H2,16,18,19). The molecule has 3 rings (SSSR count). The van der Waals surface area contributed by atoms with E-state index in [0.717, 1.165) is 31.6 Å². The Hall–Kier alpha value is -1.94. The van der Waals surface area contributed by atoms with Crippen molar-refractivity contribution >= 4 is 5.95 Å². The van der Waals surface area contributed by atoms with Crippen LogP contribution >= 0.6 is 0 Å². The molecule has 1 aliphatic rings. The van der Waals surface area contributed by atoms with Gasteiger partial charge in [-0.25, -0.2) is 9.97 Å². The van der Waals surface area contributed by atoms with Gasteiger partial charge in [0.05, 0.1) is 5.69 Å². The van der Waals surface area contributed by atoms with Gasteiger partial charge < -0.3 is 11.1 Å². The van der Waals surface area contributed by atoms with Crippen molar-refractivity contribution in [1.82, 2.24) is 15.3 Å². The third-order valence-corrected chi connectivity index (χ3v) is 3.95. The molecule has 3 N–H and O–H groups in total. The Morgan fingerprint density at radius 2 is 1.79 bits per heavy atom. The van der Waals surface area contributed by atoms with E-state index in [1.165, 1.54) is 5.56 Å². The monoisotopic (exact) mass is 254 g/mol. The third kappa shape index (κ3) is 2.19. The third-order valence-electron chi connectivity index (χ3n) is 3.95. The Morgan fingerprint density at radius 3 is 2.47 bits per heavy atom. The van der Waals surface area contributed by atoms with E-state index in [1.54, 1.807) is 6.20 Å². The number of anilines is 1. The van der Waals surface area contributed by atoms with Crippen LogP contribution < -0.4 is 11.1 Å². The zero-order chi connectivity index (χ0) is 13.1. The molecule has 0 radical (unpaired) electrons. The van der Waals surface area contributed by atoms with Crippen LogP contribution in [0.25, 0.3) is 0 Å². The first-order chi connectivity index (χ1) is 9.31. The molecule has 2 heterocycles. The van der Waals surface area contributed by atoms with Gasteiger partial charge in [-0.3, -0.25) is 0 Å². The molecular formula is C15H18N4. The lowest BCUT2D eigenvalue weighted by Gasteiger charge is -2.37. The fraction of sp³-hybridized carbons (Fsp3) is 0.333. The summed E-state index contributed by atoms with van der Waals surface area (Å²) in [4.78, 5) is 8.49. The number of nitrogen functional groups attached to an aromatic ring is 1. The van der Waals surface area contributed by atoms with Gasteiger partial charge in [-0.15, -0.1) is 0 Å². The second kappa shape index (κ2) is 4.97. The summed E-state index contributed by atoms with van der Waals surface area (Å²) in [7, 11) is 0. The molecule has 1 aliphatic heterocycles. The molecule has 0 bridgehead atoms. The Kier molecular flexibility index (Phi) is 3.17. The first-order valence-electron chi connectivity index (χ1n) is 6.66. The maximum Gasteiger partial charge on any atom is 0.220 e. The maximum atomic E-state index is 5.76. The van der Waals surface area contributed by atoms with E-state index in [9.17, 15) is 0 Å². The summed E-state index contributed by atoms with van der Waals surface area (Å²) < 4.78 is 0. The van der Waals surface area contributed by atoms with Crippen LogP contribution in [0, 0.1) is 0 Å². The van der Waals surface area contributed by atoms with Crippen LogP contribution in [0.2, 0.25) is 0 Å². The summed E-state index contributed by atoms with van der Waals surface area (Å²) in [5, 5.41) is 3.42. The topological polar surface area (TPSA) is 63.8 Å². The zero-order valence-electron chi connectivity index (χ0n) is 10.8. The lowest BCUT2D eigenvalue weighted by atomic mass is 9.70. The normalized spacial score (nSPS) is 18.1. The average molecular weight is 254 g/mol. The van der Waals surface area contributed by atoms with Crippen molar-refractivity contribution < 1.29 is 0 Å². The second-order valence-corrected chi connectivity index (χ2v) is 5.00. The molecule has 0 saturated carbocycles. The Labute approximate surface area is 113 Å². The molecule has 4 nitrogen and oxygen atoms in total. The molecule has 0 aliphatic carbocycles. The fourth-order valence-corrected chi connectivity index (χ4v) is 2.94. The van der Waals surface area contributed by atoms with Crippen LogP contribution in [0.4, 0.5) is 5.95 Å². The first kappa shape index (κ1) is 12.1. The molecule has 0 unspecified atom stereocenters. The summed E-state index contributed by atoms with van der Waals surface area (Å²) in [6.07, 6.45) is 3.82. The fourth-order valence-electron chi connectivity index (χ4n) is 2.94. The van der Waals surface area contributed by atoms with Gasteiger partial charge >= 0.3 is 0 Å². The van der Waals surface area contributed by atoms with Gasteiger partial charge in [0.15, 0.2) is 0 Å². The van der Waals surface area contributed by atoms with E-state index < -0.39 is 0 Å². The molecule has 0 spiro atoms. The number of nitrogens with zero attached hydrogens (tertiary/aromatic N) is 2. The Bertz CT molecular complexity index is 547. The smallest absolute Gasteiger partial charge is 0.220 e. The zero-order valence-corrected chi connectivity index (χ0v) is 10.8. The van der Waals surface area contributed by atoms with E-state index in [2.05, 4.69) is 39.6 Å². The quantitative estimate of drug-likeness (QED) is 0.856. The number of rotatable bonds is 2. The van der Waals surface area contributed by atoms with Gasteiger partial charge in [-0.2, -0.15) is 0 Å². The number of nitrogens with two attached hydrogens (primary N) is 1. The number of aromatic nitrogens is 2. The highest BCUT2D eigenvalue weighted by molar-refractivity contribution is 5.37. The molecular weight excluding hydrogens is 236 g/mol. The first-order valence-corrected chi connectivity index (χ1v) is 6.66. The Balaban J connectivity index is 2.12. The molecule has 2 aromatic rings. The average Bonchev–Trinajstić information content (AvgIpc) is 2.49.